The molecule has 2 rings (SSSR count). The van der Waals surface area contributed by atoms with Gasteiger partial charge in [0.25, 0.3) is 0 Å². The predicted molar refractivity (Wildman–Crippen MR) is 65.6 cm³/mol. The number of nitrogens with two attached hydrogens (primary N) is 1. The van der Waals surface area contributed by atoms with Gasteiger partial charge in [-0.25, -0.2) is 0 Å². The fraction of sp³-hybridized carbons (Fsp3) is 0.250. The van der Waals surface area contributed by atoms with Crippen LogP contribution in [0.25, 0.3) is 17.0 Å². The molecule has 0 unspecified atom stereocenters. The Labute approximate surface area is 95.0 Å². The Kier molecular flexibility index (Phi) is 2.34. The summed E-state index contributed by atoms with van der Waals surface area (Å²) in [6.45, 7) is 5.85. The second-order valence-corrected chi connectivity index (χ2v) is 4.01. The van der Waals surface area contributed by atoms with Crippen molar-refractivity contribution in [2.45, 2.75) is 6.92 Å². The molecular formula is C12H16N4. The molecule has 4 nitrogen and oxygen atoms in total. The van der Waals surface area contributed by atoms with Crippen molar-refractivity contribution in [3.8, 4) is 11.3 Å². The normalized spacial score (nSPS) is 10.7. The van der Waals surface area contributed by atoms with Gasteiger partial charge in [-0.1, -0.05) is 6.58 Å². The minimum atomic E-state index is 0.582. The Morgan fingerprint density at radius 2 is 2.12 bits per heavy atom. The van der Waals surface area contributed by atoms with Crippen molar-refractivity contribution < 1.29 is 0 Å². The molecule has 2 aromatic heterocycles. The molecule has 16 heavy (non-hydrogen) atoms. The van der Waals surface area contributed by atoms with E-state index >= 15 is 0 Å². The molecule has 0 bridgehead atoms. The molecule has 0 atom stereocenters. The van der Waals surface area contributed by atoms with Crippen molar-refractivity contribution in [1.29, 1.82) is 0 Å². The van der Waals surface area contributed by atoms with Crippen molar-refractivity contribution in [1.82, 2.24) is 14.3 Å². The first-order valence-corrected chi connectivity index (χ1v) is 5.11. The zero-order valence-corrected chi connectivity index (χ0v) is 9.86. The molecule has 2 N–H and O–H groups in total. The minimum absolute atomic E-state index is 0.582. The van der Waals surface area contributed by atoms with Crippen LogP contribution in [0.1, 0.15) is 11.3 Å². The molecular weight excluding hydrogens is 200 g/mol. The lowest BCUT2D eigenvalue weighted by Crippen LogP contribution is -1.98. The molecule has 0 saturated heterocycles. The Bertz CT molecular complexity index is 545. The highest BCUT2D eigenvalue weighted by Gasteiger charge is 2.15. The molecule has 0 spiro atoms. The summed E-state index contributed by atoms with van der Waals surface area (Å²) in [5.41, 5.74) is 10.5. The number of hydrogen-bond donors (Lipinski definition) is 1. The Morgan fingerprint density at radius 3 is 2.62 bits per heavy atom. The highest BCUT2D eigenvalue weighted by Crippen LogP contribution is 2.29. The van der Waals surface area contributed by atoms with Crippen LogP contribution >= 0.6 is 0 Å². The summed E-state index contributed by atoms with van der Waals surface area (Å²) in [4.78, 5) is 0. The number of nitrogens with zero attached hydrogens (tertiary/aromatic N) is 3. The number of aromatic nitrogens is 3. The monoisotopic (exact) mass is 216 g/mol. The van der Waals surface area contributed by atoms with Crippen LogP contribution in [0.15, 0.2) is 25.0 Å². The standard InChI is InChI=1S/C12H16N4/c1-8(13)12-9(2)15(3)7-10(12)11-5-6-16(4)14-11/h5-7H,1,13H2,2-4H3. The predicted octanol–water partition coefficient (Wildman–Crippen LogP) is 1.66. The maximum atomic E-state index is 5.83. The maximum absolute atomic E-state index is 5.83. The van der Waals surface area contributed by atoms with E-state index in [1.807, 2.05) is 44.0 Å². The first-order chi connectivity index (χ1) is 7.50. The van der Waals surface area contributed by atoms with Crippen LogP contribution in [0.2, 0.25) is 0 Å². The fourth-order valence-corrected chi connectivity index (χ4v) is 1.88. The summed E-state index contributed by atoms with van der Waals surface area (Å²) >= 11 is 0. The Hall–Kier alpha value is -1.97. The highest BCUT2D eigenvalue weighted by molar-refractivity contribution is 5.79. The molecule has 0 aliphatic carbocycles. The summed E-state index contributed by atoms with van der Waals surface area (Å²) in [5.74, 6) is 0. The first-order valence-electron chi connectivity index (χ1n) is 5.11. The summed E-state index contributed by atoms with van der Waals surface area (Å²) < 4.78 is 3.82. The SMILES string of the molecule is C=C(N)c1c(-c2ccn(C)n2)cn(C)c1C. The largest absolute Gasteiger partial charge is 0.399 e. The van der Waals surface area contributed by atoms with Gasteiger partial charge >= 0.3 is 0 Å². The van der Waals surface area contributed by atoms with E-state index in [0.717, 1.165) is 22.5 Å². The summed E-state index contributed by atoms with van der Waals surface area (Å²) in [6, 6.07) is 1.97. The van der Waals surface area contributed by atoms with Gasteiger partial charge in [-0.2, -0.15) is 5.10 Å². The van der Waals surface area contributed by atoms with Crippen LogP contribution in [-0.4, -0.2) is 14.3 Å². The second kappa shape index (κ2) is 3.56. The van der Waals surface area contributed by atoms with E-state index in [2.05, 4.69) is 11.7 Å². The molecule has 0 aliphatic rings. The number of hydrogen-bond acceptors (Lipinski definition) is 2. The van der Waals surface area contributed by atoms with Gasteiger partial charge in [0.05, 0.1) is 5.69 Å². The van der Waals surface area contributed by atoms with E-state index in [4.69, 9.17) is 5.73 Å². The lowest BCUT2D eigenvalue weighted by atomic mass is 10.1. The van der Waals surface area contributed by atoms with Crippen LogP contribution < -0.4 is 5.73 Å². The topological polar surface area (TPSA) is 48.8 Å². The van der Waals surface area contributed by atoms with Gasteiger partial charge in [-0.3, -0.25) is 4.68 Å². The van der Waals surface area contributed by atoms with E-state index in [9.17, 15) is 0 Å². The minimum Gasteiger partial charge on any atom is -0.399 e. The van der Waals surface area contributed by atoms with E-state index in [0.29, 0.717) is 5.70 Å². The second-order valence-electron chi connectivity index (χ2n) is 4.01. The highest BCUT2D eigenvalue weighted by atomic mass is 15.2. The van der Waals surface area contributed by atoms with Crippen LogP contribution in [0.3, 0.4) is 0 Å². The van der Waals surface area contributed by atoms with Crippen LogP contribution in [0.5, 0.6) is 0 Å². The van der Waals surface area contributed by atoms with Crippen molar-refractivity contribution >= 4 is 5.70 Å². The molecule has 0 aromatic carbocycles. The zero-order valence-electron chi connectivity index (χ0n) is 9.86. The van der Waals surface area contributed by atoms with E-state index in [-0.39, 0.29) is 0 Å². The van der Waals surface area contributed by atoms with Crippen molar-refractivity contribution in [2.24, 2.45) is 19.8 Å². The molecule has 0 amide bonds. The quantitative estimate of drug-likeness (QED) is 0.830. The lowest BCUT2D eigenvalue weighted by molar-refractivity contribution is 0.770. The molecule has 0 fully saturated rings. The van der Waals surface area contributed by atoms with Crippen molar-refractivity contribution in [2.75, 3.05) is 0 Å². The van der Waals surface area contributed by atoms with Gasteiger partial charge in [0.1, 0.15) is 0 Å². The van der Waals surface area contributed by atoms with Crippen LogP contribution in [0.4, 0.5) is 0 Å². The summed E-state index contributed by atoms with van der Waals surface area (Å²) in [6.07, 6.45) is 3.95. The number of rotatable bonds is 2. The average molecular weight is 216 g/mol. The van der Waals surface area contributed by atoms with Gasteiger partial charge in [0.2, 0.25) is 0 Å². The molecule has 84 valence electrons. The van der Waals surface area contributed by atoms with Gasteiger partial charge in [0.15, 0.2) is 0 Å². The van der Waals surface area contributed by atoms with Crippen molar-refractivity contribution in [3.05, 3.63) is 36.3 Å². The third-order valence-electron chi connectivity index (χ3n) is 2.79. The molecule has 2 heterocycles. The summed E-state index contributed by atoms with van der Waals surface area (Å²) in [7, 11) is 3.89. The van der Waals surface area contributed by atoms with Gasteiger partial charge in [-0.05, 0) is 13.0 Å². The van der Waals surface area contributed by atoms with Gasteiger partial charge in [0, 0.05) is 49.0 Å². The Balaban J connectivity index is 2.65. The first kappa shape index (κ1) is 10.5. The van der Waals surface area contributed by atoms with Crippen molar-refractivity contribution in [3.63, 3.8) is 0 Å². The van der Waals surface area contributed by atoms with Gasteiger partial charge < -0.3 is 10.3 Å². The Morgan fingerprint density at radius 1 is 1.44 bits per heavy atom. The maximum Gasteiger partial charge on any atom is 0.0945 e. The molecule has 2 aromatic rings. The van der Waals surface area contributed by atoms with Crippen LogP contribution in [0, 0.1) is 6.92 Å². The molecule has 0 aliphatic heterocycles. The van der Waals surface area contributed by atoms with E-state index in [1.165, 1.54) is 0 Å². The summed E-state index contributed by atoms with van der Waals surface area (Å²) in [5, 5.41) is 4.39. The molecule has 4 heteroatoms. The molecule has 0 saturated carbocycles. The average Bonchev–Trinajstić information content (AvgIpc) is 2.73. The smallest absolute Gasteiger partial charge is 0.0945 e. The van der Waals surface area contributed by atoms with E-state index in [1.54, 1.807) is 4.68 Å². The third kappa shape index (κ3) is 1.52. The number of aryl methyl sites for hydroxylation is 2. The van der Waals surface area contributed by atoms with Gasteiger partial charge in [-0.15, -0.1) is 0 Å². The lowest BCUT2D eigenvalue weighted by Gasteiger charge is -2.02. The third-order valence-corrected chi connectivity index (χ3v) is 2.79. The van der Waals surface area contributed by atoms with E-state index < -0.39 is 0 Å². The zero-order chi connectivity index (χ0) is 11.9. The van der Waals surface area contributed by atoms with Crippen LogP contribution in [-0.2, 0) is 14.1 Å². The molecule has 0 radical (unpaired) electrons. The fourth-order valence-electron chi connectivity index (χ4n) is 1.88.